The summed E-state index contributed by atoms with van der Waals surface area (Å²) in [7, 11) is -2.95. The van der Waals surface area contributed by atoms with Crippen molar-refractivity contribution in [2.45, 2.75) is 50.6 Å². The van der Waals surface area contributed by atoms with Crippen LogP contribution in [0.3, 0.4) is 0 Å². The highest BCUT2D eigenvalue weighted by atomic mass is 32.2. The number of rotatable bonds is 3. The molecule has 2 atom stereocenters. The van der Waals surface area contributed by atoms with E-state index in [4.69, 9.17) is 5.11 Å². The third-order valence-electron chi connectivity index (χ3n) is 4.29. The van der Waals surface area contributed by atoms with Gasteiger partial charge in [-0.1, -0.05) is 12.8 Å². The van der Waals surface area contributed by atoms with Crippen molar-refractivity contribution in [1.82, 2.24) is 10.6 Å². The number of aliphatic carboxylic acids is 1. The average molecular weight is 318 g/mol. The Morgan fingerprint density at radius 3 is 2.19 bits per heavy atom. The predicted molar refractivity (Wildman–Crippen MR) is 76.7 cm³/mol. The second-order valence-corrected chi connectivity index (χ2v) is 8.18. The Bertz CT molecular complexity index is 491. The molecule has 0 aromatic rings. The molecule has 0 aromatic heterocycles. The van der Waals surface area contributed by atoms with E-state index in [9.17, 15) is 18.0 Å². The zero-order valence-corrected chi connectivity index (χ0v) is 12.7. The standard InChI is InChI=1S/C13H22N2O5S/c16-12(17)10-3-1-2-4-11(10)15-13(18)14-9-5-7-21(19,20)8-6-9/h9-11H,1-8H2,(H,16,17)(H2,14,15,18). The molecule has 2 rings (SSSR count). The third kappa shape index (κ3) is 4.59. The molecule has 2 unspecified atom stereocenters. The van der Waals surface area contributed by atoms with Crippen LogP contribution in [0.15, 0.2) is 0 Å². The number of carbonyl (C=O) groups is 2. The summed E-state index contributed by atoms with van der Waals surface area (Å²) in [5.74, 6) is -1.21. The lowest BCUT2D eigenvalue weighted by atomic mass is 9.84. The van der Waals surface area contributed by atoms with Crippen LogP contribution in [-0.2, 0) is 14.6 Å². The maximum absolute atomic E-state index is 11.9. The van der Waals surface area contributed by atoms with Gasteiger partial charge in [-0.3, -0.25) is 4.79 Å². The first-order valence-corrected chi connectivity index (χ1v) is 9.20. The Morgan fingerprint density at radius 1 is 0.952 bits per heavy atom. The first kappa shape index (κ1) is 16.1. The maximum Gasteiger partial charge on any atom is 0.315 e. The smallest absolute Gasteiger partial charge is 0.315 e. The summed E-state index contributed by atoms with van der Waals surface area (Å²) in [5, 5.41) is 14.7. The van der Waals surface area contributed by atoms with E-state index < -0.39 is 27.8 Å². The van der Waals surface area contributed by atoms with Gasteiger partial charge in [-0.25, -0.2) is 13.2 Å². The molecule has 0 bridgehead atoms. The van der Waals surface area contributed by atoms with Crippen LogP contribution >= 0.6 is 0 Å². The highest BCUT2D eigenvalue weighted by Gasteiger charge is 2.32. The van der Waals surface area contributed by atoms with Gasteiger partial charge in [0.05, 0.1) is 17.4 Å². The molecule has 8 heteroatoms. The average Bonchev–Trinajstić information content (AvgIpc) is 2.41. The lowest BCUT2D eigenvalue weighted by molar-refractivity contribution is -0.143. The third-order valence-corrected chi connectivity index (χ3v) is 6.00. The van der Waals surface area contributed by atoms with Crippen LogP contribution < -0.4 is 10.6 Å². The number of hydrogen-bond donors (Lipinski definition) is 3. The van der Waals surface area contributed by atoms with Gasteiger partial charge in [0.25, 0.3) is 0 Å². The summed E-state index contributed by atoms with van der Waals surface area (Å²) < 4.78 is 22.6. The molecular weight excluding hydrogens is 296 g/mol. The number of hydrogen-bond acceptors (Lipinski definition) is 4. The first-order valence-electron chi connectivity index (χ1n) is 7.37. The summed E-state index contributed by atoms with van der Waals surface area (Å²) in [5.41, 5.74) is 0. The van der Waals surface area contributed by atoms with Crippen LogP contribution in [0.5, 0.6) is 0 Å². The molecule has 2 aliphatic rings. The lowest BCUT2D eigenvalue weighted by Gasteiger charge is -2.30. The predicted octanol–water partition coefficient (Wildman–Crippen LogP) is 0.506. The molecule has 1 saturated heterocycles. The van der Waals surface area contributed by atoms with Gasteiger partial charge in [-0.15, -0.1) is 0 Å². The van der Waals surface area contributed by atoms with Gasteiger partial charge in [-0.05, 0) is 25.7 Å². The number of carbonyl (C=O) groups excluding carboxylic acids is 1. The SMILES string of the molecule is O=C(NC1CCS(=O)(=O)CC1)NC1CCCCC1C(=O)O. The number of carboxylic acids is 1. The Hall–Kier alpha value is -1.31. The summed E-state index contributed by atoms with van der Waals surface area (Å²) in [6.07, 6.45) is 3.88. The highest BCUT2D eigenvalue weighted by Crippen LogP contribution is 2.24. The minimum absolute atomic E-state index is 0.0964. The highest BCUT2D eigenvalue weighted by molar-refractivity contribution is 7.91. The maximum atomic E-state index is 11.9. The summed E-state index contributed by atoms with van der Waals surface area (Å²) in [6, 6.07) is -0.888. The molecule has 3 N–H and O–H groups in total. The minimum atomic E-state index is -2.95. The van der Waals surface area contributed by atoms with Gasteiger partial charge in [0.2, 0.25) is 0 Å². The van der Waals surface area contributed by atoms with E-state index in [-0.39, 0.29) is 23.6 Å². The van der Waals surface area contributed by atoms with E-state index in [1.807, 2.05) is 0 Å². The van der Waals surface area contributed by atoms with Gasteiger partial charge in [0, 0.05) is 12.1 Å². The first-order chi connectivity index (χ1) is 9.87. The van der Waals surface area contributed by atoms with E-state index in [1.54, 1.807) is 0 Å². The zero-order valence-electron chi connectivity index (χ0n) is 11.9. The monoisotopic (exact) mass is 318 g/mol. The van der Waals surface area contributed by atoms with Crippen molar-refractivity contribution in [3.63, 3.8) is 0 Å². The van der Waals surface area contributed by atoms with Crippen LogP contribution in [0.4, 0.5) is 4.79 Å². The van der Waals surface area contributed by atoms with E-state index in [0.29, 0.717) is 25.7 Å². The normalized spacial score (nSPS) is 29.5. The fourth-order valence-corrected chi connectivity index (χ4v) is 4.52. The largest absolute Gasteiger partial charge is 0.481 e. The molecule has 21 heavy (non-hydrogen) atoms. The molecule has 0 aromatic carbocycles. The van der Waals surface area contributed by atoms with E-state index in [1.165, 1.54) is 0 Å². The fourth-order valence-electron chi connectivity index (χ4n) is 3.03. The van der Waals surface area contributed by atoms with Crippen molar-refractivity contribution in [2.24, 2.45) is 5.92 Å². The Kier molecular flexibility index (Phi) is 5.08. The van der Waals surface area contributed by atoms with Gasteiger partial charge in [0.1, 0.15) is 9.84 Å². The quantitative estimate of drug-likeness (QED) is 0.701. The Labute approximate surface area is 124 Å². The molecule has 120 valence electrons. The van der Waals surface area contributed by atoms with Crippen LogP contribution in [0.2, 0.25) is 0 Å². The Morgan fingerprint density at radius 2 is 1.57 bits per heavy atom. The number of sulfone groups is 1. The number of nitrogens with one attached hydrogen (secondary N) is 2. The molecule has 1 saturated carbocycles. The number of amides is 2. The lowest BCUT2D eigenvalue weighted by Crippen LogP contribution is -2.52. The molecule has 7 nitrogen and oxygen atoms in total. The summed E-state index contributed by atoms with van der Waals surface area (Å²) >= 11 is 0. The molecule has 1 heterocycles. The molecule has 1 aliphatic carbocycles. The number of carboxylic acid groups (broad SMARTS) is 1. The van der Waals surface area contributed by atoms with Crippen molar-refractivity contribution in [3.05, 3.63) is 0 Å². The molecular formula is C13H22N2O5S. The van der Waals surface area contributed by atoms with Crippen LogP contribution in [0, 0.1) is 5.92 Å². The van der Waals surface area contributed by atoms with Crippen LogP contribution in [0.1, 0.15) is 38.5 Å². The zero-order chi connectivity index (χ0) is 15.5. The molecule has 1 aliphatic heterocycles. The summed E-state index contributed by atoms with van der Waals surface area (Å²) in [6.45, 7) is 0. The van der Waals surface area contributed by atoms with E-state index in [2.05, 4.69) is 10.6 Å². The van der Waals surface area contributed by atoms with E-state index >= 15 is 0 Å². The Balaban J connectivity index is 1.82. The topological polar surface area (TPSA) is 113 Å². The van der Waals surface area contributed by atoms with Crippen molar-refractivity contribution >= 4 is 21.8 Å². The second kappa shape index (κ2) is 6.64. The molecule has 0 radical (unpaired) electrons. The number of urea groups is 1. The fraction of sp³-hybridized carbons (Fsp3) is 0.846. The van der Waals surface area contributed by atoms with Crippen molar-refractivity contribution in [3.8, 4) is 0 Å². The van der Waals surface area contributed by atoms with Gasteiger partial charge in [0.15, 0.2) is 0 Å². The molecule has 2 amide bonds. The van der Waals surface area contributed by atoms with Gasteiger partial charge >= 0.3 is 12.0 Å². The van der Waals surface area contributed by atoms with E-state index in [0.717, 1.165) is 12.8 Å². The molecule has 2 fully saturated rings. The summed E-state index contributed by atoms with van der Waals surface area (Å²) in [4.78, 5) is 23.1. The van der Waals surface area contributed by atoms with Gasteiger partial charge in [-0.2, -0.15) is 0 Å². The molecule has 0 spiro atoms. The van der Waals surface area contributed by atoms with Crippen molar-refractivity contribution in [1.29, 1.82) is 0 Å². The van der Waals surface area contributed by atoms with Crippen molar-refractivity contribution in [2.75, 3.05) is 11.5 Å². The van der Waals surface area contributed by atoms with Crippen LogP contribution in [-0.4, -0.2) is 49.1 Å². The second-order valence-electron chi connectivity index (χ2n) is 5.88. The van der Waals surface area contributed by atoms with Gasteiger partial charge < -0.3 is 15.7 Å². The van der Waals surface area contributed by atoms with Crippen LogP contribution in [0.25, 0.3) is 0 Å². The minimum Gasteiger partial charge on any atom is -0.481 e. The van der Waals surface area contributed by atoms with Crippen molar-refractivity contribution < 1.29 is 23.1 Å².